The molecule has 0 rings (SSSR count). The molecule has 0 heterocycles. The highest BCUT2D eigenvalue weighted by Crippen LogP contribution is 2.22. The van der Waals surface area contributed by atoms with Crippen molar-refractivity contribution in [2.75, 3.05) is 13.2 Å². The Labute approximate surface area is 346 Å². The first-order chi connectivity index (χ1) is 27.0. The lowest BCUT2D eigenvalue weighted by Gasteiger charge is -2.15. The average Bonchev–Trinajstić information content (AvgIpc) is 3.18. The van der Waals surface area contributed by atoms with Crippen LogP contribution in [-0.2, 0) is 28.0 Å². The van der Waals surface area contributed by atoms with Crippen LogP contribution in [0, 0.1) is 0 Å². The lowest BCUT2D eigenvalue weighted by Crippen LogP contribution is -2.26. The zero-order chi connectivity index (χ0) is 40.1. The second-order valence-electron chi connectivity index (χ2n) is 16.4. The van der Waals surface area contributed by atoms with Crippen molar-refractivity contribution in [3.63, 3.8) is 0 Å². The third kappa shape index (κ3) is 42.2. The molecule has 326 valence electrons. The first-order valence-corrected chi connectivity index (χ1v) is 25.0. The highest BCUT2D eigenvalue weighted by molar-refractivity contribution is 7.96. The van der Waals surface area contributed by atoms with E-state index in [-0.39, 0.29) is 12.4 Å². The van der Waals surface area contributed by atoms with Crippen LogP contribution >= 0.6 is 12.0 Å². The van der Waals surface area contributed by atoms with Crippen LogP contribution in [-0.4, -0.2) is 36.4 Å². The van der Waals surface area contributed by atoms with Crippen LogP contribution in [0.4, 0.5) is 0 Å². The predicted molar refractivity (Wildman–Crippen MR) is 236 cm³/mol. The van der Waals surface area contributed by atoms with Crippen molar-refractivity contribution in [3.8, 4) is 0 Å². The van der Waals surface area contributed by atoms with E-state index in [1.165, 1.54) is 180 Å². The molecule has 55 heavy (non-hydrogen) atoms. The molecular weight excluding hydrogens is 705 g/mol. The largest absolute Gasteiger partial charge is 0.466 e. The summed E-state index contributed by atoms with van der Waals surface area (Å²) in [6.45, 7) is 7.46. The Morgan fingerprint density at radius 1 is 0.364 bits per heavy atom. The summed E-state index contributed by atoms with van der Waals surface area (Å²) in [4.78, 5) is 38.2. The van der Waals surface area contributed by atoms with Gasteiger partial charge >= 0.3 is 17.9 Å². The SMILES string of the molecule is CCCCCCCCCCCCCCCCCCCC(=O)OSC(CC(=O)OCCCCCCCCCCCC)C(=O)OCCCCCCCCCCCC. The number of rotatable bonds is 45. The Kier molecular flexibility index (Phi) is 44.4. The molecule has 0 aliphatic rings. The molecule has 0 radical (unpaired) electrons. The van der Waals surface area contributed by atoms with E-state index in [0.29, 0.717) is 19.6 Å². The van der Waals surface area contributed by atoms with Gasteiger partial charge in [-0.25, -0.2) is 0 Å². The molecule has 0 aliphatic carbocycles. The highest BCUT2D eigenvalue weighted by Gasteiger charge is 2.28. The number of esters is 2. The molecule has 0 bridgehead atoms. The lowest BCUT2D eigenvalue weighted by molar-refractivity contribution is -0.150. The van der Waals surface area contributed by atoms with Crippen LogP contribution in [0.15, 0.2) is 0 Å². The Hall–Kier alpha value is -1.24. The van der Waals surface area contributed by atoms with Crippen LogP contribution in [0.5, 0.6) is 0 Å². The third-order valence-electron chi connectivity index (χ3n) is 10.9. The maximum absolute atomic E-state index is 13.0. The van der Waals surface area contributed by atoms with Gasteiger partial charge in [0.2, 0.25) is 0 Å². The van der Waals surface area contributed by atoms with Gasteiger partial charge in [-0.15, -0.1) is 0 Å². The van der Waals surface area contributed by atoms with Gasteiger partial charge in [0.1, 0.15) is 0 Å². The van der Waals surface area contributed by atoms with Crippen molar-refractivity contribution in [3.05, 3.63) is 0 Å². The van der Waals surface area contributed by atoms with Gasteiger partial charge < -0.3 is 13.7 Å². The maximum atomic E-state index is 13.0. The minimum absolute atomic E-state index is 0.147. The molecule has 0 aromatic heterocycles. The van der Waals surface area contributed by atoms with Crippen LogP contribution in [0.3, 0.4) is 0 Å². The van der Waals surface area contributed by atoms with Crippen molar-refractivity contribution in [2.24, 2.45) is 0 Å². The number of hydrogen-bond donors (Lipinski definition) is 0. The van der Waals surface area contributed by atoms with Crippen LogP contribution < -0.4 is 0 Å². The standard InChI is InChI=1S/C48H92O6S/c1-4-7-10-13-16-19-22-23-24-25-26-27-28-29-32-35-38-41-46(49)54-55-45(48(51)53-43-40-37-34-31-21-18-15-12-9-6-3)44-47(50)52-42-39-36-33-30-20-17-14-11-8-5-2/h45H,4-44H2,1-3H3. The van der Waals surface area contributed by atoms with Gasteiger partial charge in [0, 0.05) is 6.42 Å². The number of carbonyl (C=O) groups is 3. The van der Waals surface area contributed by atoms with Crippen LogP contribution in [0.25, 0.3) is 0 Å². The Balaban J connectivity index is 4.25. The molecule has 0 aliphatic heterocycles. The molecule has 0 amide bonds. The summed E-state index contributed by atoms with van der Waals surface area (Å²) in [5.41, 5.74) is 0. The normalized spacial score (nSPS) is 11.8. The molecule has 0 aromatic carbocycles. The Morgan fingerprint density at radius 2 is 0.655 bits per heavy atom. The van der Waals surface area contributed by atoms with Gasteiger partial charge in [0.25, 0.3) is 0 Å². The zero-order valence-corrected chi connectivity index (χ0v) is 37.7. The molecule has 0 N–H and O–H groups in total. The van der Waals surface area contributed by atoms with Crippen molar-refractivity contribution < 1.29 is 28.0 Å². The van der Waals surface area contributed by atoms with Crippen LogP contribution in [0.2, 0.25) is 0 Å². The molecule has 0 fully saturated rings. The minimum atomic E-state index is -0.900. The summed E-state index contributed by atoms with van der Waals surface area (Å²) < 4.78 is 16.5. The van der Waals surface area contributed by atoms with Crippen molar-refractivity contribution in [1.29, 1.82) is 0 Å². The van der Waals surface area contributed by atoms with E-state index in [4.69, 9.17) is 13.7 Å². The van der Waals surface area contributed by atoms with E-state index in [1.54, 1.807) is 0 Å². The lowest BCUT2D eigenvalue weighted by atomic mass is 10.0. The molecule has 0 aromatic rings. The summed E-state index contributed by atoms with van der Waals surface area (Å²) in [6.07, 6.45) is 46.4. The van der Waals surface area contributed by atoms with Gasteiger partial charge in [0.15, 0.2) is 5.25 Å². The van der Waals surface area contributed by atoms with E-state index in [1.807, 2.05) is 0 Å². The van der Waals surface area contributed by atoms with E-state index >= 15 is 0 Å². The molecule has 0 saturated carbocycles. The topological polar surface area (TPSA) is 78.9 Å². The first kappa shape index (κ1) is 53.8. The van der Waals surface area contributed by atoms with E-state index in [2.05, 4.69) is 20.8 Å². The summed E-state index contributed by atoms with van der Waals surface area (Å²) in [7, 11) is 0. The molecular formula is C48H92O6S. The highest BCUT2D eigenvalue weighted by atomic mass is 32.2. The van der Waals surface area contributed by atoms with Crippen LogP contribution in [0.1, 0.15) is 271 Å². The van der Waals surface area contributed by atoms with E-state index in [0.717, 1.165) is 69.8 Å². The number of hydrogen-bond acceptors (Lipinski definition) is 7. The molecule has 7 heteroatoms. The van der Waals surface area contributed by atoms with Gasteiger partial charge in [-0.05, 0) is 19.3 Å². The van der Waals surface area contributed by atoms with Crippen molar-refractivity contribution >= 4 is 30.0 Å². The fourth-order valence-corrected chi connectivity index (χ4v) is 7.80. The van der Waals surface area contributed by atoms with Gasteiger partial charge in [-0.3, -0.25) is 14.4 Å². The first-order valence-electron chi connectivity index (χ1n) is 24.2. The number of carbonyl (C=O) groups excluding carboxylic acids is 3. The van der Waals surface area contributed by atoms with E-state index < -0.39 is 17.2 Å². The van der Waals surface area contributed by atoms with Gasteiger partial charge in [-0.2, -0.15) is 0 Å². The molecule has 0 saturated heterocycles. The molecule has 0 spiro atoms. The fraction of sp³-hybridized carbons (Fsp3) is 0.938. The molecule has 6 nitrogen and oxygen atoms in total. The quantitative estimate of drug-likeness (QED) is 0.0345. The summed E-state index contributed by atoms with van der Waals surface area (Å²) in [5, 5.41) is -0.900. The summed E-state index contributed by atoms with van der Waals surface area (Å²) in [6, 6.07) is 0. The van der Waals surface area contributed by atoms with E-state index in [9.17, 15) is 14.4 Å². The molecule has 1 unspecified atom stereocenters. The second-order valence-corrected chi connectivity index (χ2v) is 17.3. The third-order valence-corrected chi connectivity index (χ3v) is 11.7. The monoisotopic (exact) mass is 797 g/mol. The Morgan fingerprint density at radius 3 is 1.00 bits per heavy atom. The summed E-state index contributed by atoms with van der Waals surface area (Å²) in [5.74, 6) is -1.27. The second kappa shape index (κ2) is 45.5. The maximum Gasteiger partial charge on any atom is 0.323 e. The van der Waals surface area contributed by atoms with Gasteiger partial charge in [-0.1, -0.05) is 239 Å². The van der Waals surface area contributed by atoms with Gasteiger partial charge in [0.05, 0.1) is 31.7 Å². The van der Waals surface area contributed by atoms with Crippen molar-refractivity contribution in [2.45, 2.75) is 276 Å². The minimum Gasteiger partial charge on any atom is -0.466 e. The number of unbranched alkanes of at least 4 members (excludes halogenated alkanes) is 34. The molecule has 1 atom stereocenters. The number of ether oxygens (including phenoxy) is 2. The summed E-state index contributed by atoms with van der Waals surface area (Å²) >= 11 is 0.773. The zero-order valence-electron chi connectivity index (χ0n) is 36.9. The average molecular weight is 797 g/mol. The van der Waals surface area contributed by atoms with Crippen molar-refractivity contribution in [1.82, 2.24) is 0 Å². The Bertz CT molecular complexity index is 820. The smallest absolute Gasteiger partial charge is 0.323 e. The predicted octanol–water partition coefficient (Wildman–Crippen LogP) is 15.9. The fourth-order valence-electron chi connectivity index (χ4n) is 7.15.